The van der Waals surface area contributed by atoms with E-state index in [9.17, 15) is 0 Å². The molecule has 2 atom stereocenters. The van der Waals surface area contributed by atoms with Gasteiger partial charge in [-0.1, -0.05) is 309 Å². The van der Waals surface area contributed by atoms with Crippen molar-refractivity contribution in [2.45, 2.75) is 311 Å². The first-order valence-corrected chi connectivity index (χ1v) is 42.5. The molecule has 2 unspecified atom stereocenters. The zero-order valence-electron chi connectivity index (χ0n) is 57.9. The number of unbranched alkanes of at least 4 members (excludes halogenated alkanes) is 32. The first-order valence-electron chi connectivity index (χ1n) is 37.8. The number of rotatable bonds is 47. The third-order valence-electron chi connectivity index (χ3n) is 20.6. The highest BCUT2D eigenvalue weighted by Gasteiger charge is 2.25. The van der Waals surface area contributed by atoms with E-state index in [0.29, 0.717) is 5.92 Å². The highest BCUT2D eigenvalue weighted by molar-refractivity contribution is 7.28. The molecule has 0 spiro atoms. The largest absolute Gasteiger partial charge is 0.173 e. The molecule has 10 aromatic rings. The molecule has 10 rings (SSSR count). The Morgan fingerprint density at radius 1 is 0.315 bits per heavy atom. The predicted molar refractivity (Wildman–Crippen MR) is 417 cm³/mol. The standard InChI is InChI=1S/C82H114N4S6/c1-7-11-15-19-23-27-29-33-37-40-44-61(43-39-35-31-25-21-17-13-9-3)53-65-52-60(6)87-81(65)73-55-63-47-49-68-67(79(63)89-73)50-48-64-56-74(90-80(64)68)82-66(54-62(45-41-36-32-26-22-18-14-10-4)46-42-38-34-30-28-24-20-16-12-8-2)57-72(88-82)71-58-70-69(77-78(71)86-92-85-77)51-59(5)75-76(70)84-91-83-75/h47-52,55-58,61-62H,7-46,53-54H2,1-6H3. The highest BCUT2D eigenvalue weighted by atomic mass is 32.1. The lowest BCUT2D eigenvalue weighted by Gasteiger charge is -2.17. The molecule has 0 fully saturated rings. The minimum absolute atomic E-state index is 0.668. The summed E-state index contributed by atoms with van der Waals surface area (Å²) in [6.07, 6.45) is 58.0. The molecule has 0 bridgehead atoms. The van der Waals surface area contributed by atoms with Crippen LogP contribution in [-0.4, -0.2) is 17.5 Å². The van der Waals surface area contributed by atoms with Crippen LogP contribution in [0.4, 0.5) is 0 Å². The van der Waals surface area contributed by atoms with Crippen molar-refractivity contribution in [1.29, 1.82) is 0 Å². The number of hydrogen-bond donors (Lipinski definition) is 0. The first kappa shape index (κ1) is 71.1. The zero-order valence-corrected chi connectivity index (χ0v) is 62.8. The molecule has 498 valence electrons. The maximum atomic E-state index is 5.08. The third-order valence-corrected chi connectivity index (χ3v) is 26.6. The maximum absolute atomic E-state index is 5.08. The van der Waals surface area contributed by atoms with Crippen LogP contribution in [-0.2, 0) is 12.8 Å². The fraction of sp³-hybridized carbons (Fsp3) is 0.610. The molecule has 0 amide bonds. The SMILES string of the molecule is CCCCCCCCCCCCC(CCCCCCCCCC)Cc1cc(C)sc1-c1cc2ccc3c(ccc4cc(-c5sc(-c6cc7c(cc(C)c8nsnc87)c7nsnc67)cc5CC(CCCCCCCCCC)CCCCCCCCCCCC)sc43)c2s1. The van der Waals surface area contributed by atoms with Gasteiger partial charge in [-0.2, -0.15) is 17.5 Å². The van der Waals surface area contributed by atoms with Gasteiger partial charge in [0, 0.05) is 65.8 Å². The summed E-state index contributed by atoms with van der Waals surface area (Å²) < 4.78 is 22.6. The van der Waals surface area contributed by atoms with Crippen LogP contribution in [0.5, 0.6) is 0 Å². The van der Waals surface area contributed by atoms with Crippen molar-refractivity contribution < 1.29 is 0 Å². The molecule has 0 saturated carbocycles. The number of benzene rings is 4. The zero-order chi connectivity index (χ0) is 63.7. The fourth-order valence-electron chi connectivity index (χ4n) is 15.2. The maximum Gasteiger partial charge on any atom is 0.114 e. The van der Waals surface area contributed by atoms with Crippen LogP contribution in [0.2, 0.25) is 0 Å². The van der Waals surface area contributed by atoms with Crippen molar-refractivity contribution in [3.63, 3.8) is 0 Å². The Labute approximate surface area is 580 Å². The summed E-state index contributed by atoms with van der Waals surface area (Å²) in [5, 5.41) is 7.83. The van der Waals surface area contributed by atoms with Crippen LogP contribution >= 0.6 is 68.8 Å². The van der Waals surface area contributed by atoms with Gasteiger partial charge >= 0.3 is 0 Å². The third kappa shape index (κ3) is 19.8. The van der Waals surface area contributed by atoms with Gasteiger partial charge in [0.15, 0.2) is 0 Å². The summed E-state index contributed by atoms with van der Waals surface area (Å²) in [5.41, 5.74) is 9.46. The van der Waals surface area contributed by atoms with Crippen molar-refractivity contribution >= 4 is 133 Å². The summed E-state index contributed by atoms with van der Waals surface area (Å²) in [6.45, 7) is 13.8. The molecule has 4 nitrogen and oxygen atoms in total. The summed E-state index contributed by atoms with van der Waals surface area (Å²) in [6, 6.07) is 24.8. The van der Waals surface area contributed by atoms with Crippen LogP contribution in [0.3, 0.4) is 0 Å². The molecule has 92 heavy (non-hydrogen) atoms. The van der Waals surface area contributed by atoms with Crippen LogP contribution in [0.25, 0.3) is 93.7 Å². The molecule has 6 heterocycles. The lowest BCUT2D eigenvalue weighted by atomic mass is 9.88. The monoisotopic (exact) mass is 1350 g/mol. The van der Waals surface area contributed by atoms with E-state index in [4.69, 9.17) is 17.5 Å². The fourth-order valence-corrected chi connectivity index (χ4v) is 21.3. The lowest BCUT2D eigenvalue weighted by Crippen LogP contribution is -2.05. The van der Waals surface area contributed by atoms with E-state index in [2.05, 4.69) is 114 Å². The van der Waals surface area contributed by atoms with Crippen molar-refractivity contribution in [2.24, 2.45) is 11.8 Å². The van der Waals surface area contributed by atoms with Crippen LogP contribution in [0, 0.1) is 25.7 Å². The highest BCUT2D eigenvalue weighted by Crippen LogP contribution is 2.50. The Morgan fingerprint density at radius 2 is 0.674 bits per heavy atom. The second-order valence-corrected chi connectivity index (χ2v) is 33.7. The van der Waals surface area contributed by atoms with Gasteiger partial charge in [-0.25, -0.2) is 0 Å². The quantitative estimate of drug-likeness (QED) is 0.0357. The van der Waals surface area contributed by atoms with E-state index in [0.717, 1.165) is 50.7 Å². The summed E-state index contributed by atoms with van der Waals surface area (Å²) >= 11 is 10.8. The van der Waals surface area contributed by atoms with E-state index in [-0.39, 0.29) is 0 Å². The van der Waals surface area contributed by atoms with E-state index < -0.39 is 0 Å². The summed E-state index contributed by atoms with van der Waals surface area (Å²) in [7, 11) is 0. The molecular weight excluding hydrogens is 1230 g/mol. The summed E-state index contributed by atoms with van der Waals surface area (Å²) in [5.74, 6) is 1.44. The van der Waals surface area contributed by atoms with Gasteiger partial charge in [-0.05, 0) is 102 Å². The van der Waals surface area contributed by atoms with Crippen molar-refractivity contribution in [3.05, 3.63) is 82.2 Å². The average Bonchev–Trinajstić information content (AvgIpc) is 1.53. The molecule has 0 aliphatic carbocycles. The van der Waals surface area contributed by atoms with Gasteiger partial charge in [-0.3, -0.25) is 0 Å². The van der Waals surface area contributed by atoms with Gasteiger partial charge in [0.05, 0.1) is 23.5 Å². The number of hydrogen-bond acceptors (Lipinski definition) is 10. The second-order valence-electron chi connectivity index (χ2n) is 28.2. The van der Waals surface area contributed by atoms with Crippen molar-refractivity contribution in [3.8, 4) is 29.9 Å². The minimum Gasteiger partial charge on any atom is -0.173 e. The molecule has 10 heteroatoms. The van der Waals surface area contributed by atoms with Crippen molar-refractivity contribution in [1.82, 2.24) is 17.5 Å². The molecule has 0 aliphatic heterocycles. The molecule has 6 aromatic heterocycles. The number of aryl methyl sites for hydroxylation is 2. The Hall–Kier alpha value is -3.64. The van der Waals surface area contributed by atoms with Gasteiger partial charge in [-0.15, -0.1) is 45.3 Å². The molecule has 0 N–H and O–H groups in total. The number of nitrogens with zero attached hydrogens (tertiary/aromatic N) is 4. The molecule has 0 aliphatic rings. The van der Waals surface area contributed by atoms with Gasteiger partial charge in [0.1, 0.15) is 22.1 Å². The van der Waals surface area contributed by atoms with Crippen LogP contribution < -0.4 is 0 Å². The first-order chi connectivity index (χ1) is 45.3. The number of aromatic nitrogens is 4. The number of fused-ring (bicyclic) bond motifs is 10. The lowest BCUT2D eigenvalue weighted by molar-refractivity contribution is 0.400. The van der Waals surface area contributed by atoms with Gasteiger partial charge in [0.2, 0.25) is 0 Å². The second kappa shape index (κ2) is 38.3. The van der Waals surface area contributed by atoms with Gasteiger partial charge in [0.25, 0.3) is 0 Å². The Morgan fingerprint density at radius 3 is 1.11 bits per heavy atom. The van der Waals surface area contributed by atoms with E-state index in [1.54, 1.807) is 5.56 Å². The number of thiophene rings is 4. The topological polar surface area (TPSA) is 51.6 Å². The average molecular weight is 1350 g/mol. The Balaban J connectivity index is 0.930. The van der Waals surface area contributed by atoms with Gasteiger partial charge < -0.3 is 0 Å². The molecule has 0 saturated heterocycles. The van der Waals surface area contributed by atoms with E-state index in [1.165, 1.54) is 358 Å². The molecular formula is C82H114N4S6. The Bertz CT molecular complexity index is 3770. The summed E-state index contributed by atoms with van der Waals surface area (Å²) in [4.78, 5) is 8.62. The van der Waals surface area contributed by atoms with Crippen LogP contribution in [0.1, 0.15) is 306 Å². The minimum atomic E-state index is 0.668. The Kier molecular flexibility index (Phi) is 29.6. The normalized spacial score (nSPS) is 12.9. The van der Waals surface area contributed by atoms with E-state index in [1.807, 2.05) is 34.0 Å². The molecule has 4 aromatic carbocycles. The molecule has 0 radical (unpaired) electrons. The van der Waals surface area contributed by atoms with Crippen molar-refractivity contribution in [2.75, 3.05) is 0 Å². The predicted octanol–water partition coefficient (Wildman–Crippen LogP) is 30.2. The smallest absolute Gasteiger partial charge is 0.114 e. The van der Waals surface area contributed by atoms with Crippen LogP contribution in [0.15, 0.2) is 60.7 Å². The van der Waals surface area contributed by atoms with E-state index >= 15 is 0 Å².